The number of carbonyl (C=O) groups is 1. The van der Waals surface area contributed by atoms with Gasteiger partial charge < -0.3 is 10.3 Å². The number of benzene rings is 2. The molecule has 26 heavy (non-hydrogen) atoms. The third-order valence-electron chi connectivity index (χ3n) is 4.07. The zero-order chi connectivity index (χ0) is 17.9. The molecule has 2 N–H and O–H groups in total. The molecule has 2 aromatic carbocycles. The van der Waals surface area contributed by atoms with Gasteiger partial charge in [-0.1, -0.05) is 30.3 Å². The summed E-state index contributed by atoms with van der Waals surface area (Å²) in [7, 11) is 0. The van der Waals surface area contributed by atoms with E-state index >= 15 is 0 Å². The molecule has 0 bridgehead atoms. The molecule has 6 nitrogen and oxygen atoms in total. The third kappa shape index (κ3) is 3.25. The lowest BCUT2D eigenvalue weighted by atomic mass is 10.1. The van der Waals surface area contributed by atoms with Crippen LogP contribution in [0.4, 0.5) is 5.69 Å². The molecule has 0 saturated carbocycles. The maximum absolute atomic E-state index is 12.3. The van der Waals surface area contributed by atoms with Crippen molar-refractivity contribution >= 4 is 22.5 Å². The van der Waals surface area contributed by atoms with Gasteiger partial charge in [0, 0.05) is 34.4 Å². The van der Waals surface area contributed by atoms with Crippen molar-refractivity contribution in [3.63, 3.8) is 0 Å². The number of aromatic nitrogens is 3. The number of anilines is 1. The Morgan fingerprint density at radius 2 is 1.88 bits per heavy atom. The van der Waals surface area contributed by atoms with Crippen LogP contribution in [0.3, 0.4) is 0 Å². The zero-order valence-electron chi connectivity index (χ0n) is 13.8. The Morgan fingerprint density at radius 1 is 1.04 bits per heavy atom. The van der Waals surface area contributed by atoms with E-state index < -0.39 is 0 Å². The van der Waals surface area contributed by atoms with Crippen LogP contribution in [0.25, 0.3) is 22.2 Å². The van der Waals surface area contributed by atoms with Gasteiger partial charge in [-0.2, -0.15) is 5.10 Å². The molecule has 0 unspecified atom stereocenters. The molecule has 128 valence electrons. The van der Waals surface area contributed by atoms with Gasteiger partial charge in [-0.3, -0.25) is 9.59 Å². The molecule has 0 aliphatic rings. The summed E-state index contributed by atoms with van der Waals surface area (Å²) in [4.78, 5) is 27.5. The number of rotatable bonds is 4. The summed E-state index contributed by atoms with van der Waals surface area (Å²) in [6, 6.07) is 20.1. The minimum atomic E-state index is -0.319. The summed E-state index contributed by atoms with van der Waals surface area (Å²) < 4.78 is 1.17. The number of hydrogen-bond acceptors (Lipinski definition) is 3. The maximum atomic E-state index is 12.3. The Kier molecular flexibility index (Phi) is 4.07. The van der Waals surface area contributed by atoms with Gasteiger partial charge in [-0.05, 0) is 30.3 Å². The molecule has 0 aliphatic carbocycles. The number of hydrogen-bond donors (Lipinski definition) is 2. The molecular weight excluding hydrogens is 328 g/mol. The van der Waals surface area contributed by atoms with Crippen LogP contribution in [0.1, 0.15) is 0 Å². The number of nitrogens with one attached hydrogen (secondary N) is 2. The Balaban J connectivity index is 1.54. The van der Waals surface area contributed by atoms with Crippen LogP contribution in [0, 0.1) is 0 Å². The highest BCUT2D eigenvalue weighted by Gasteiger charge is 2.09. The van der Waals surface area contributed by atoms with Crippen molar-refractivity contribution in [2.75, 3.05) is 5.32 Å². The molecule has 1 amide bonds. The SMILES string of the molecule is O=C(Cn1nc(-c2ccccc2)ccc1=O)Nc1ccc2[nH]ccc2c1. The Bertz CT molecular complexity index is 1130. The molecular formula is C20H16N4O2. The summed E-state index contributed by atoms with van der Waals surface area (Å²) >= 11 is 0. The van der Waals surface area contributed by atoms with Gasteiger partial charge in [-0.15, -0.1) is 0 Å². The van der Waals surface area contributed by atoms with E-state index in [4.69, 9.17) is 0 Å². The Hall–Kier alpha value is -3.67. The van der Waals surface area contributed by atoms with Crippen molar-refractivity contribution in [1.29, 1.82) is 0 Å². The second-order valence-electron chi connectivity index (χ2n) is 5.91. The molecule has 2 aromatic heterocycles. The lowest BCUT2D eigenvalue weighted by Crippen LogP contribution is -2.29. The molecule has 0 spiro atoms. The van der Waals surface area contributed by atoms with Gasteiger partial charge in [0.25, 0.3) is 5.56 Å². The topological polar surface area (TPSA) is 79.8 Å². The number of fused-ring (bicyclic) bond motifs is 1. The van der Waals surface area contributed by atoms with E-state index in [1.165, 1.54) is 10.7 Å². The first kappa shape index (κ1) is 15.8. The fourth-order valence-corrected chi connectivity index (χ4v) is 2.79. The average Bonchev–Trinajstić information content (AvgIpc) is 3.12. The second-order valence-corrected chi connectivity index (χ2v) is 5.91. The minimum absolute atomic E-state index is 0.148. The van der Waals surface area contributed by atoms with E-state index in [0.717, 1.165) is 16.5 Å². The van der Waals surface area contributed by atoms with Gasteiger partial charge in [0.15, 0.2) is 0 Å². The van der Waals surface area contributed by atoms with Crippen molar-refractivity contribution in [3.8, 4) is 11.3 Å². The van der Waals surface area contributed by atoms with Crippen LogP contribution in [0.15, 0.2) is 77.7 Å². The molecule has 2 heterocycles. The minimum Gasteiger partial charge on any atom is -0.361 e. The lowest BCUT2D eigenvalue weighted by molar-refractivity contribution is -0.117. The molecule has 0 atom stereocenters. The first-order chi connectivity index (χ1) is 12.7. The van der Waals surface area contributed by atoms with Gasteiger partial charge in [0.1, 0.15) is 6.54 Å². The maximum Gasteiger partial charge on any atom is 0.267 e. The average molecular weight is 344 g/mol. The highest BCUT2D eigenvalue weighted by atomic mass is 16.2. The first-order valence-corrected chi connectivity index (χ1v) is 8.20. The van der Waals surface area contributed by atoms with Gasteiger partial charge in [0.05, 0.1) is 5.69 Å². The van der Waals surface area contributed by atoms with Gasteiger partial charge in [-0.25, -0.2) is 4.68 Å². The standard InChI is InChI=1S/C20H16N4O2/c25-19(22-16-6-7-17-15(12-16)10-11-21-17)13-24-20(26)9-8-18(23-24)14-4-2-1-3-5-14/h1-12,21H,13H2,(H,22,25). The van der Waals surface area contributed by atoms with Gasteiger partial charge >= 0.3 is 0 Å². The molecule has 0 aliphatic heterocycles. The smallest absolute Gasteiger partial charge is 0.267 e. The quantitative estimate of drug-likeness (QED) is 0.597. The van der Waals surface area contributed by atoms with Crippen molar-refractivity contribution in [3.05, 3.63) is 83.3 Å². The number of carbonyl (C=O) groups excluding carboxylic acids is 1. The van der Waals surface area contributed by atoms with E-state index in [1.54, 1.807) is 6.07 Å². The fraction of sp³-hybridized carbons (Fsp3) is 0.0500. The Labute approximate surface area is 149 Å². The van der Waals surface area contributed by atoms with Gasteiger partial charge in [0.2, 0.25) is 5.91 Å². The summed E-state index contributed by atoms with van der Waals surface area (Å²) in [5.74, 6) is -0.306. The van der Waals surface area contributed by atoms with E-state index in [-0.39, 0.29) is 18.0 Å². The largest absolute Gasteiger partial charge is 0.361 e. The predicted molar refractivity (Wildman–Crippen MR) is 101 cm³/mol. The summed E-state index contributed by atoms with van der Waals surface area (Å²) in [6.07, 6.45) is 1.84. The summed E-state index contributed by atoms with van der Waals surface area (Å²) in [5.41, 5.74) is 2.89. The van der Waals surface area contributed by atoms with Crippen LogP contribution in [0.2, 0.25) is 0 Å². The van der Waals surface area contributed by atoms with Crippen molar-refractivity contribution in [2.45, 2.75) is 6.54 Å². The Morgan fingerprint density at radius 3 is 2.73 bits per heavy atom. The highest BCUT2D eigenvalue weighted by molar-refractivity contribution is 5.93. The predicted octanol–water partition coefficient (Wildman–Crippen LogP) is 3.03. The normalized spacial score (nSPS) is 10.8. The van der Waals surface area contributed by atoms with Crippen molar-refractivity contribution in [2.24, 2.45) is 0 Å². The van der Waals surface area contributed by atoms with Crippen LogP contribution in [0.5, 0.6) is 0 Å². The fourth-order valence-electron chi connectivity index (χ4n) is 2.79. The van der Waals surface area contributed by atoms with Crippen LogP contribution in [-0.2, 0) is 11.3 Å². The summed E-state index contributed by atoms with van der Waals surface area (Å²) in [6.45, 7) is -0.148. The van der Waals surface area contributed by atoms with Crippen LogP contribution < -0.4 is 10.9 Å². The van der Waals surface area contributed by atoms with E-state index in [1.807, 2.05) is 60.8 Å². The first-order valence-electron chi connectivity index (χ1n) is 8.20. The van der Waals surface area contributed by atoms with Crippen molar-refractivity contribution in [1.82, 2.24) is 14.8 Å². The summed E-state index contributed by atoms with van der Waals surface area (Å²) in [5, 5.41) is 8.11. The zero-order valence-corrected chi connectivity index (χ0v) is 13.8. The molecule has 6 heteroatoms. The number of H-pyrrole nitrogens is 1. The van der Waals surface area contributed by atoms with E-state index in [9.17, 15) is 9.59 Å². The van der Waals surface area contributed by atoms with Crippen LogP contribution in [-0.4, -0.2) is 20.7 Å². The molecule has 4 aromatic rings. The molecule has 0 fully saturated rings. The second kappa shape index (κ2) is 6.68. The lowest BCUT2D eigenvalue weighted by Gasteiger charge is -2.08. The molecule has 4 rings (SSSR count). The third-order valence-corrected chi connectivity index (χ3v) is 4.07. The van der Waals surface area contributed by atoms with Crippen molar-refractivity contribution < 1.29 is 4.79 Å². The number of amides is 1. The number of nitrogens with zero attached hydrogens (tertiary/aromatic N) is 2. The van der Waals surface area contributed by atoms with E-state index in [0.29, 0.717) is 11.4 Å². The molecule has 0 radical (unpaired) electrons. The van der Waals surface area contributed by atoms with E-state index in [2.05, 4.69) is 15.4 Å². The monoisotopic (exact) mass is 344 g/mol. The highest BCUT2D eigenvalue weighted by Crippen LogP contribution is 2.18. The van der Waals surface area contributed by atoms with Crippen LogP contribution >= 0.6 is 0 Å². The number of aromatic amines is 1. The molecule has 0 saturated heterocycles.